The van der Waals surface area contributed by atoms with Crippen molar-refractivity contribution in [3.05, 3.63) is 81.4 Å². The summed E-state index contributed by atoms with van der Waals surface area (Å²) < 4.78 is 41.3. The number of hydrogen-bond acceptors (Lipinski definition) is 7. The van der Waals surface area contributed by atoms with E-state index in [9.17, 15) is 13.6 Å². The number of rotatable bonds is 7. The Morgan fingerprint density at radius 2 is 2.00 bits per heavy atom. The third-order valence-electron chi connectivity index (χ3n) is 4.30. The molecule has 0 aliphatic rings. The highest BCUT2D eigenvalue weighted by atomic mass is 35.5. The van der Waals surface area contributed by atoms with Gasteiger partial charge >= 0.3 is 5.92 Å². The second-order valence-electron chi connectivity index (χ2n) is 6.61. The van der Waals surface area contributed by atoms with Gasteiger partial charge in [-0.15, -0.1) is 0 Å². The molecule has 11 heteroatoms. The van der Waals surface area contributed by atoms with E-state index in [1.807, 2.05) is 6.07 Å². The van der Waals surface area contributed by atoms with Crippen LogP contribution in [0.4, 0.5) is 8.78 Å². The van der Waals surface area contributed by atoms with E-state index in [-0.39, 0.29) is 34.5 Å². The summed E-state index contributed by atoms with van der Waals surface area (Å²) in [5.41, 5.74) is -1.97. The van der Waals surface area contributed by atoms with E-state index >= 15 is 0 Å². The number of hydrogen-bond donors (Lipinski definition) is 0. The average molecular weight is 460 g/mol. The lowest BCUT2D eigenvalue weighted by atomic mass is 10.1. The minimum absolute atomic E-state index is 0.0819. The highest BCUT2D eigenvalue weighted by molar-refractivity contribution is 6.30. The van der Waals surface area contributed by atoms with Crippen LogP contribution in [0.2, 0.25) is 5.02 Å². The largest absolute Gasteiger partial charge is 0.480 e. The highest BCUT2D eigenvalue weighted by Crippen LogP contribution is 2.38. The molecule has 0 radical (unpaired) electrons. The van der Waals surface area contributed by atoms with Crippen LogP contribution in [0.15, 0.2) is 53.9 Å². The van der Waals surface area contributed by atoms with Gasteiger partial charge in [-0.2, -0.15) is 14.0 Å². The molecular weight excluding hydrogens is 444 g/mol. The van der Waals surface area contributed by atoms with Gasteiger partial charge in [0.25, 0.3) is 5.56 Å². The molecule has 0 saturated heterocycles. The van der Waals surface area contributed by atoms with Crippen LogP contribution in [-0.2, 0) is 12.5 Å². The van der Waals surface area contributed by atoms with Gasteiger partial charge < -0.3 is 9.47 Å². The number of nitrogens with zero attached hydrogens (tertiary/aromatic N) is 5. The fraction of sp³-hybridized carbons (Fsp3) is 0.190. The lowest BCUT2D eigenvalue weighted by molar-refractivity contribution is 0.0309. The van der Waals surface area contributed by atoms with Crippen molar-refractivity contribution in [2.24, 2.45) is 0 Å². The van der Waals surface area contributed by atoms with Gasteiger partial charge in [0.1, 0.15) is 11.4 Å². The molecule has 0 N–H and O–H groups in total. The number of alkyl halides is 2. The highest BCUT2D eigenvalue weighted by Gasteiger charge is 2.39. The van der Waals surface area contributed by atoms with Crippen LogP contribution in [-0.4, -0.2) is 26.6 Å². The molecular formula is C21H16ClF2N5O3. The van der Waals surface area contributed by atoms with Crippen molar-refractivity contribution < 1.29 is 18.3 Å². The van der Waals surface area contributed by atoms with Crippen LogP contribution in [0, 0.1) is 11.3 Å². The van der Waals surface area contributed by atoms with Crippen LogP contribution in [0.5, 0.6) is 17.4 Å². The van der Waals surface area contributed by atoms with E-state index in [0.717, 1.165) is 17.8 Å². The Bertz CT molecular complexity index is 1290. The van der Waals surface area contributed by atoms with Gasteiger partial charge in [-0.3, -0.25) is 14.3 Å². The molecule has 0 aliphatic heterocycles. The van der Waals surface area contributed by atoms with E-state index in [1.165, 1.54) is 37.7 Å². The zero-order valence-electron chi connectivity index (χ0n) is 17.0. The van der Waals surface area contributed by atoms with Crippen LogP contribution in [0.3, 0.4) is 0 Å². The van der Waals surface area contributed by atoms with Gasteiger partial charge in [0.05, 0.1) is 31.6 Å². The average Bonchev–Trinajstić information content (AvgIpc) is 2.76. The Kier molecular flexibility index (Phi) is 6.50. The summed E-state index contributed by atoms with van der Waals surface area (Å²) in [5.74, 6) is -4.32. The van der Waals surface area contributed by atoms with Gasteiger partial charge in [-0.05, 0) is 30.7 Å². The number of allylic oxidation sites excluding steroid dienone is 1. The van der Waals surface area contributed by atoms with E-state index in [4.69, 9.17) is 26.3 Å². The second-order valence-corrected chi connectivity index (χ2v) is 7.05. The molecule has 0 fully saturated rings. The topological polar surface area (TPSA) is 103 Å². The van der Waals surface area contributed by atoms with Crippen molar-refractivity contribution in [2.75, 3.05) is 7.11 Å². The van der Waals surface area contributed by atoms with Crippen molar-refractivity contribution in [2.45, 2.75) is 19.4 Å². The van der Waals surface area contributed by atoms with Crippen molar-refractivity contribution >= 4 is 11.6 Å². The quantitative estimate of drug-likeness (QED) is 0.490. The molecule has 0 unspecified atom stereocenters. The van der Waals surface area contributed by atoms with Gasteiger partial charge in [-0.25, -0.2) is 9.97 Å². The maximum absolute atomic E-state index is 14.8. The minimum Gasteiger partial charge on any atom is -0.480 e. The summed E-state index contributed by atoms with van der Waals surface area (Å²) in [6, 6.07) is 5.78. The van der Waals surface area contributed by atoms with Gasteiger partial charge in [-0.1, -0.05) is 18.2 Å². The van der Waals surface area contributed by atoms with Crippen molar-refractivity contribution in [1.29, 1.82) is 5.26 Å². The zero-order chi connectivity index (χ0) is 23.5. The lowest BCUT2D eigenvalue weighted by Gasteiger charge is -2.20. The predicted octanol–water partition coefficient (Wildman–Crippen LogP) is 4.08. The van der Waals surface area contributed by atoms with E-state index in [1.54, 1.807) is 0 Å². The molecule has 0 amide bonds. The summed E-state index contributed by atoms with van der Waals surface area (Å²) >= 11 is 5.97. The predicted molar refractivity (Wildman–Crippen MR) is 111 cm³/mol. The Morgan fingerprint density at radius 1 is 1.28 bits per heavy atom. The van der Waals surface area contributed by atoms with Crippen LogP contribution < -0.4 is 15.0 Å². The third-order valence-corrected chi connectivity index (χ3v) is 4.52. The molecule has 2 aromatic heterocycles. The van der Waals surface area contributed by atoms with Gasteiger partial charge in [0, 0.05) is 17.4 Å². The summed E-state index contributed by atoms with van der Waals surface area (Å²) in [4.78, 5) is 25.0. The van der Waals surface area contributed by atoms with Crippen LogP contribution in [0.1, 0.15) is 23.9 Å². The van der Waals surface area contributed by atoms with E-state index in [0.29, 0.717) is 0 Å². The molecule has 0 aliphatic carbocycles. The van der Waals surface area contributed by atoms with Crippen LogP contribution in [0.25, 0.3) is 0 Å². The Balaban J connectivity index is 2.16. The molecule has 0 atom stereocenters. The molecule has 8 nitrogen and oxygen atoms in total. The zero-order valence-corrected chi connectivity index (χ0v) is 17.7. The number of aromatic nitrogens is 4. The smallest absolute Gasteiger partial charge is 0.314 e. The molecule has 0 spiro atoms. The molecule has 32 heavy (non-hydrogen) atoms. The summed E-state index contributed by atoms with van der Waals surface area (Å²) in [6.07, 6.45) is 3.75. The Labute approximate surface area is 186 Å². The lowest BCUT2D eigenvalue weighted by Crippen LogP contribution is -2.28. The molecule has 1 aromatic carbocycles. The molecule has 3 rings (SSSR count). The Morgan fingerprint density at radius 3 is 2.66 bits per heavy atom. The first-order chi connectivity index (χ1) is 15.2. The fourth-order valence-electron chi connectivity index (χ4n) is 2.70. The number of benzene rings is 1. The third kappa shape index (κ3) is 4.58. The van der Waals surface area contributed by atoms with Crippen LogP contribution >= 0.6 is 11.6 Å². The number of halogens is 3. The summed E-state index contributed by atoms with van der Waals surface area (Å²) in [7, 11) is 1.38. The van der Waals surface area contributed by atoms with Crippen molar-refractivity contribution in [3.8, 4) is 23.4 Å². The minimum atomic E-state index is -3.66. The molecule has 2 heterocycles. The van der Waals surface area contributed by atoms with E-state index < -0.39 is 28.5 Å². The fourth-order valence-corrected chi connectivity index (χ4v) is 2.92. The number of methoxy groups -OCH3 is 1. The maximum Gasteiger partial charge on any atom is 0.314 e. The van der Waals surface area contributed by atoms with Gasteiger partial charge in [0.2, 0.25) is 11.6 Å². The van der Waals surface area contributed by atoms with Gasteiger partial charge in [0.15, 0.2) is 5.69 Å². The SMILES string of the molecule is C=C(C)C(F)(F)c1ncn(Cc2nccnc2OC)c(=O)c1Oc1cc(Cl)cc(C#N)c1. The normalized spacial score (nSPS) is 11.0. The molecule has 0 bridgehead atoms. The van der Waals surface area contributed by atoms with Crippen molar-refractivity contribution in [3.63, 3.8) is 0 Å². The first kappa shape index (κ1) is 22.8. The number of ether oxygens (including phenoxy) is 2. The second kappa shape index (κ2) is 9.11. The number of nitriles is 1. The first-order valence-corrected chi connectivity index (χ1v) is 9.41. The van der Waals surface area contributed by atoms with Crippen molar-refractivity contribution in [1.82, 2.24) is 19.5 Å². The molecule has 164 valence electrons. The Hall–Kier alpha value is -3.84. The first-order valence-electron chi connectivity index (χ1n) is 9.03. The molecule has 0 saturated carbocycles. The standard InChI is InChI=1S/C21H16ClF2N5O3/c1-12(2)21(23,24)18-17(32-15-7-13(9-25)6-14(22)8-15)20(30)29(11-28-18)10-16-19(31-3)27-5-4-26-16/h4-8,11H,1,10H2,2-3H3. The van der Waals surface area contributed by atoms with E-state index in [2.05, 4.69) is 21.5 Å². The summed E-state index contributed by atoms with van der Waals surface area (Å²) in [6.45, 7) is 4.22. The monoisotopic (exact) mass is 459 g/mol. The summed E-state index contributed by atoms with van der Waals surface area (Å²) in [5, 5.41) is 9.25. The maximum atomic E-state index is 14.8. The molecule has 3 aromatic rings.